The third-order valence-corrected chi connectivity index (χ3v) is 6.04. The molecule has 114 valence electrons. The van der Waals surface area contributed by atoms with Crippen LogP contribution in [0.1, 0.15) is 11.8 Å². The van der Waals surface area contributed by atoms with E-state index < -0.39 is 10.0 Å². The molecular weight excluding hydrogens is 351 g/mol. The summed E-state index contributed by atoms with van der Waals surface area (Å²) < 4.78 is 27.4. The highest BCUT2D eigenvalue weighted by Crippen LogP contribution is 2.32. The minimum Gasteiger partial charge on any atom is -0.312 e. The van der Waals surface area contributed by atoms with E-state index in [-0.39, 0.29) is 15.6 Å². The number of halogens is 2. The van der Waals surface area contributed by atoms with Crippen LogP contribution >= 0.6 is 34.5 Å². The Kier molecular flexibility index (Phi) is 5.51. The molecule has 0 atom stereocenters. The number of sulfonamides is 1. The molecule has 0 bridgehead atoms. The molecule has 1 aromatic heterocycles. The lowest BCUT2D eigenvalue weighted by Crippen LogP contribution is -2.17. The van der Waals surface area contributed by atoms with Crippen LogP contribution < -0.4 is 10.0 Å². The molecule has 0 fully saturated rings. The van der Waals surface area contributed by atoms with Crippen molar-refractivity contribution in [3.05, 3.63) is 44.6 Å². The van der Waals surface area contributed by atoms with Gasteiger partial charge in [-0.3, -0.25) is 4.72 Å². The van der Waals surface area contributed by atoms with Crippen molar-refractivity contribution in [2.45, 2.75) is 18.4 Å². The van der Waals surface area contributed by atoms with Crippen LogP contribution in [0.2, 0.25) is 10.0 Å². The van der Waals surface area contributed by atoms with Crippen LogP contribution in [0.25, 0.3) is 0 Å². The Morgan fingerprint density at radius 3 is 2.71 bits per heavy atom. The van der Waals surface area contributed by atoms with E-state index >= 15 is 0 Å². The van der Waals surface area contributed by atoms with Crippen LogP contribution in [0.15, 0.2) is 34.5 Å². The number of hydrogen-bond donors (Lipinski definition) is 2. The SMILES string of the molecule is CCNCc1sccc1S(=O)(=O)Nc1cccc(Cl)c1Cl. The quantitative estimate of drug-likeness (QED) is 0.815. The van der Waals surface area contributed by atoms with Gasteiger partial charge in [-0.25, -0.2) is 8.42 Å². The first kappa shape index (κ1) is 16.6. The molecule has 0 radical (unpaired) electrons. The predicted octanol–water partition coefficient (Wildman–Crippen LogP) is 3.97. The molecule has 0 aliphatic heterocycles. The maximum Gasteiger partial charge on any atom is 0.263 e. The topological polar surface area (TPSA) is 58.2 Å². The fourth-order valence-corrected chi connectivity index (χ4v) is 4.61. The molecule has 0 amide bonds. The van der Waals surface area contributed by atoms with E-state index in [2.05, 4.69) is 10.0 Å². The molecule has 0 spiro atoms. The number of hydrogen-bond acceptors (Lipinski definition) is 4. The average Bonchev–Trinajstić information content (AvgIpc) is 2.91. The summed E-state index contributed by atoms with van der Waals surface area (Å²) in [4.78, 5) is 1.01. The van der Waals surface area contributed by atoms with Gasteiger partial charge in [0.2, 0.25) is 0 Å². The predicted molar refractivity (Wildman–Crippen MR) is 89.0 cm³/mol. The lowest BCUT2D eigenvalue weighted by Gasteiger charge is -2.11. The summed E-state index contributed by atoms with van der Waals surface area (Å²) in [6, 6.07) is 6.39. The smallest absolute Gasteiger partial charge is 0.263 e. The minimum atomic E-state index is -3.69. The zero-order chi connectivity index (χ0) is 15.5. The van der Waals surface area contributed by atoms with Crippen LogP contribution in [-0.4, -0.2) is 15.0 Å². The van der Waals surface area contributed by atoms with Crippen molar-refractivity contribution < 1.29 is 8.42 Å². The lowest BCUT2D eigenvalue weighted by atomic mass is 10.3. The summed E-state index contributed by atoms with van der Waals surface area (Å²) in [6.45, 7) is 3.24. The van der Waals surface area contributed by atoms with E-state index in [9.17, 15) is 8.42 Å². The molecule has 8 heteroatoms. The van der Waals surface area contributed by atoms with E-state index in [0.717, 1.165) is 11.4 Å². The molecule has 0 aliphatic rings. The molecule has 0 saturated carbocycles. The summed E-state index contributed by atoms with van der Waals surface area (Å²) in [5.74, 6) is 0. The van der Waals surface area contributed by atoms with Crippen molar-refractivity contribution in [1.82, 2.24) is 5.32 Å². The highest BCUT2D eigenvalue weighted by molar-refractivity contribution is 7.93. The first-order chi connectivity index (χ1) is 9.95. The first-order valence-corrected chi connectivity index (χ1v) is 9.31. The van der Waals surface area contributed by atoms with Crippen molar-refractivity contribution in [3.63, 3.8) is 0 Å². The standard InChI is InChI=1S/C13H14Cl2N2O2S2/c1-2-16-8-11-12(6-7-20-11)21(18,19)17-10-5-3-4-9(14)13(10)15/h3-7,16-17H,2,8H2,1H3. The summed E-state index contributed by atoms with van der Waals surface area (Å²) in [6.07, 6.45) is 0. The Hall–Kier alpha value is -0.790. The number of thiophene rings is 1. The maximum atomic E-state index is 12.5. The number of rotatable bonds is 6. The second-order valence-corrected chi connectivity index (χ2v) is 7.63. The molecule has 4 nitrogen and oxygen atoms in total. The maximum absolute atomic E-state index is 12.5. The van der Waals surface area contributed by atoms with Crippen LogP contribution in [0.3, 0.4) is 0 Å². The fourth-order valence-electron chi connectivity index (χ4n) is 1.72. The molecule has 2 N–H and O–H groups in total. The van der Waals surface area contributed by atoms with Gasteiger partial charge in [0.15, 0.2) is 0 Å². The van der Waals surface area contributed by atoms with Crippen molar-refractivity contribution >= 4 is 50.2 Å². The third kappa shape index (κ3) is 3.90. The van der Waals surface area contributed by atoms with Crippen LogP contribution in [-0.2, 0) is 16.6 Å². The highest BCUT2D eigenvalue weighted by Gasteiger charge is 2.21. The average molecular weight is 365 g/mol. The molecule has 2 rings (SSSR count). The van der Waals surface area contributed by atoms with Crippen molar-refractivity contribution in [1.29, 1.82) is 0 Å². The van der Waals surface area contributed by atoms with Gasteiger partial charge in [0.1, 0.15) is 4.90 Å². The monoisotopic (exact) mass is 364 g/mol. The van der Waals surface area contributed by atoms with Crippen LogP contribution in [0.5, 0.6) is 0 Å². The van der Waals surface area contributed by atoms with Gasteiger partial charge >= 0.3 is 0 Å². The van der Waals surface area contributed by atoms with Gasteiger partial charge in [-0.15, -0.1) is 11.3 Å². The Morgan fingerprint density at radius 1 is 1.24 bits per heavy atom. The van der Waals surface area contributed by atoms with Gasteiger partial charge in [0.05, 0.1) is 15.7 Å². The van der Waals surface area contributed by atoms with Gasteiger partial charge in [0.25, 0.3) is 10.0 Å². The van der Waals surface area contributed by atoms with Crippen molar-refractivity contribution in [2.24, 2.45) is 0 Å². The summed E-state index contributed by atoms with van der Waals surface area (Å²) in [7, 11) is -3.69. The van der Waals surface area contributed by atoms with Crippen LogP contribution in [0, 0.1) is 0 Å². The van der Waals surface area contributed by atoms with E-state index in [1.807, 2.05) is 6.92 Å². The lowest BCUT2D eigenvalue weighted by molar-refractivity contribution is 0.599. The van der Waals surface area contributed by atoms with Gasteiger partial charge in [0, 0.05) is 11.4 Å². The Labute approximate surface area is 138 Å². The summed E-state index contributed by atoms with van der Waals surface area (Å²) >= 11 is 13.3. The second-order valence-electron chi connectivity index (χ2n) is 4.20. The molecule has 0 unspecified atom stereocenters. The van der Waals surface area contributed by atoms with E-state index in [4.69, 9.17) is 23.2 Å². The number of benzene rings is 1. The third-order valence-electron chi connectivity index (χ3n) is 2.73. The van der Waals surface area contributed by atoms with Gasteiger partial charge in [-0.2, -0.15) is 0 Å². The zero-order valence-electron chi connectivity index (χ0n) is 11.2. The first-order valence-electron chi connectivity index (χ1n) is 6.19. The second kappa shape index (κ2) is 6.98. The zero-order valence-corrected chi connectivity index (χ0v) is 14.3. The van der Waals surface area contributed by atoms with E-state index in [1.54, 1.807) is 29.6 Å². The molecule has 1 aromatic carbocycles. The van der Waals surface area contributed by atoms with Gasteiger partial charge < -0.3 is 5.32 Å². The largest absolute Gasteiger partial charge is 0.312 e. The summed E-state index contributed by atoms with van der Waals surface area (Å²) in [5.41, 5.74) is 0.268. The normalized spacial score (nSPS) is 11.6. The molecule has 0 saturated heterocycles. The molecule has 0 aliphatic carbocycles. The Bertz CT molecular complexity index is 730. The molecule has 1 heterocycles. The minimum absolute atomic E-state index is 0.186. The van der Waals surface area contributed by atoms with Crippen molar-refractivity contribution in [3.8, 4) is 0 Å². The van der Waals surface area contributed by atoms with Gasteiger partial charge in [-0.1, -0.05) is 36.2 Å². The highest BCUT2D eigenvalue weighted by atomic mass is 35.5. The van der Waals surface area contributed by atoms with Crippen molar-refractivity contribution in [2.75, 3.05) is 11.3 Å². The van der Waals surface area contributed by atoms with Gasteiger partial charge in [-0.05, 0) is 30.1 Å². The van der Waals surface area contributed by atoms with Crippen LogP contribution in [0.4, 0.5) is 5.69 Å². The van der Waals surface area contributed by atoms with E-state index in [1.165, 1.54) is 11.3 Å². The fraction of sp³-hybridized carbons (Fsp3) is 0.231. The summed E-state index contributed by atoms with van der Waals surface area (Å²) in [5, 5.41) is 5.36. The van der Waals surface area contributed by atoms with E-state index in [0.29, 0.717) is 11.6 Å². The molecular formula is C13H14Cl2N2O2S2. The Balaban J connectivity index is 2.30. The Morgan fingerprint density at radius 2 is 2.00 bits per heavy atom. The molecule has 21 heavy (non-hydrogen) atoms. The number of anilines is 1. The number of nitrogens with one attached hydrogen (secondary N) is 2. The molecule has 2 aromatic rings.